The molecule has 0 aromatic heterocycles. The van der Waals surface area contributed by atoms with Gasteiger partial charge in [0.15, 0.2) is 0 Å². The van der Waals surface area contributed by atoms with Crippen LogP contribution in [0.15, 0.2) is 24.3 Å². The lowest BCUT2D eigenvalue weighted by Crippen LogP contribution is -2.42. The molecule has 1 aliphatic heterocycles. The van der Waals surface area contributed by atoms with Gasteiger partial charge in [-0.05, 0) is 43.5 Å². The monoisotopic (exact) mass is 318 g/mol. The molecule has 6 heteroatoms. The van der Waals surface area contributed by atoms with Gasteiger partial charge in [-0.3, -0.25) is 4.79 Å². The number of carbonyl (C=O) groups excluding carboxylic acids is 1. The van der Waals surface area contributed by atoms with Crippen molar-refractivity contribution in [3.63, 3.8) is 0 Å². The van der Waals surface area contributed by atoms with Crippen molar-refractivity contribution in [2.24, 2.45) is 5.73 Å². The molecule has 1 heterocycles. The topological polar surface area (TPSA) is 82.1 Å². The van der Waals surface area contributed by atoms with Crippen LogP contribution >= 0.6 is 11.8 Å². The summed E-state index contributed by atoms with van der Waals surface area (Å²) < 4.78 is 0. The van der Waals surface area contributed by atoms with Gasteiger partial charge < -0.3 is 16.0 Å². The zero-order valence-corrected chi connectivity index (χ0v) is 13.4. The summed E-state index contributed by atoms with van der Waals surface area (Å²) in [6.45, 7) is 1.67. The molecule has 0 spiro atoms. The first-order chi connectivity index (χ1) is 10.7. The molecule has 1 aromatic carbocycles. The van der Waals surface area contributed by atoms with Crippen LogP contribution in [-0.4, -0.2) is 41.6 Å². The zero-order chi connectivity index (χ0) is 15.8. The highest BCUT2D eigenvalue weighted by atomic mass is 32.2. The fraction of sp³-hybridized carbons (Fsp3) is 0.500. The predicted molar refractivity (Wildman–Crippen MR) is 90.5 cm³/mol. The number of unbranched alkanes of at least 4 members (excludes halogenated alkanes) is 1. The van der Waals surface area contributed by atoms with Gasteiger partial charge in [0.2, 0.25) is 5.91 Å². The molecular formula is C16H22N4OS. The third kappa shape index (κ3) is 4.93. The van der Waals surface area contributed by atoms with Crippen molar-refractivity contribution >= 4 is 23.4 Å². The van der Waals surface area contributed by atoms with Crippen LogP contribution in [0.1, 0.15) is 24.8 Å². The normalized spacial score (nSPS) is 15.4. The van der Waals surface area contributed by atoms with Gasteiger partial charge in [-0.25, -0.2) is 0 Å². The van der Waals surface area contributed by atoms with Crippen LogP contribution < -0.4 is 11.1 Å². The molecule has 22 heavy (non-hydrogen) atoms. The highest BCUT2D eigenvalue weighted by Crippen LogP contribution is 2.15. The van der Waals surface area contributed by atoms with Crippen LogP contribution in [-0.2, 0) is 4.79 Å². The van der Waals surface area contributed by atoms with Crippen molar-refractivity contribution in [1.29, 1.82) is 5.26 Å². The summed E-state index contributed by atoms with van der Waals surface area (Å²) in [6, 6.07) is 9.13. The molecule has 3 N–H and O–H groups in total. The van der Waals surface area contributed by atoms with E-state index in [2.05, 4.69) is 11.4 Å². The number of anilines is 1. The number of nitrogens with two attached hydrogens (primary N) is 1. The Bertz CT molecular complexity index is 520. The summed E-state index contributed by atoms with van der Waals surface area (Å²) in [5.41, 5.74) is 7.64. The van der Waals surface area contributed by atoms with Crippen LogP contribution in [0.3, 0.4) is 0 Å². The maximum atomic E-state index is 12.0. The molecule has 5 nitrogen and oxygen atoms in total. The van der Waals surface area contributed by atoms with Crippen molar-refractivity contribution in [3.8, 4) is 6.07 Å². The van der Waals surface area contributed by atoms with Crippen molar-refractivity contribution < 1.29 is 4.79 Å². The number of carbonyl (C=O) groups is 1. The number of hydrogen-bond donors (Lipinski definition) is 2. The van der Waals surface area contributed by atoms with Gasteiger partial charge in [-0.1, -0.05) is 0 Å². The first kappa shape index (κ1) is 16.7. The highest BCUT2D eigenvalue weighted by molar-refractivity contribution is 7.99. The number of amides is 1. The largest absolute Gasteiger partial charge is 0.385 e. The van der Waals surface area contributed by atoms with E-state index < -0.39 is 0 Å². The van der Waals surface area contributed by atoms with Gasteiger partial charge in [-0.15, -0.1) is 11.8 Å². The van der Waals surface area contributed by atoms with Crippen molar-refractivity contribution in [2.75, 3.05) is 30.0 Å². The fourth-order valence-electron chi connectivity index (χ4n) is 2.33. The summed E-state index contributed by atoms with van der Waals surface area (Å²) in [6.07, 6.45) is 2.63. The molecule has 0 aliphatic carbocycles. The SMILES string of the molecule is N#Cc1ccc(NCCCCC(N)C(=O)N2CCSC2)cc1. The molecule has 2 rings (SSSR count). The number of thioether (sulfide) groups is 1. The number of hydrogen-bond acceptors (Lipinski definition) is 5. The first-order valence-electron chi connectivity index (χ1n) is 7.57. The average Bonchev–Trinajstić information content (AvgIpc) is 3.08. The van der Waals surface area contributed by atoms with Crippen molar-refractivity contribution in [2.45, 2.75) is 25.3 Å². The van der Waals surface area contributed by atoms with E-state index in [-0.39, 0.29) is 11.9 Å². The lowest BCUT2D eigenvalue weighted by atomic mass is 10.1. The average molecular weight is 318 g/mol. The lowest BCUT2D eigenvalue weighted by Gasteiger charge is -2.19. The Labute approximate surface area is 135 Å². The quantitative estimate of drug-likeness (QED) is 0.751. The van der Waals surface area contributed by atoms with E-state index in [1.54, 1.807) is 23.9 Å². The molecule has 1 amide bonds. The molecule has 1 fully saturated rings. The van der Waals surface area contributed by atoms with Crippen LogP contribution in [0.2, 0.25) is 0 Å². The van der Waals surface area contributed by atoms with Gasteiger partial charge in [0, 0.05) is 24.5 Å². The van der Waals surface area contributed by atoms with E-state index >= 15 is 0 Å². The molecule has 1 saturated heterocycles. The molecule has 0 saturated carbocycles. The fourth-order valence-corrected chi connectivity index (χ4v) is 3.29. The second-order valence-corrected chi connectivity index (χ2v) is 6.43. The summed E-state index contributed by atoms with van der Waals surface area (Å²) in [4.78, 5) is 13.9. The third-order valence-corrected chi connectivity index (χ3v) is 4.63. The molecule has 118 valence electrons. The molecule has 1 unspecified atom stereocenters. The highest BCUT2D eigenvalue weighted by Gasteiger charge is 2.23. The minimum Gasteiger partial charge on any atom is -0.385 e. The number of nitrogens with zero attached hydrogens (tertiary/aromatic N) is 2. The summed E-state index contributed by atoms with van der Waals surface area (Å²) >= 11 is 1.78. The maximum absolute atomic E-state index is 12.0. The minimum absolute atomic E-state index is 0.0880. The van der Waals surface area contributed by atoms with Crippen LogP contribution in [0.4, 0.5) is 5.69 Å². The summed E-state index contributed by atoms with van der Waals surface area (Å²) in [7, 11) is 0. The standard InChI is InChI=1S/C16H22N4OS/c17-11-13-4-6-14(7-5-13)19-8-2-1-3-15(18)16(21)20-9-10-22-12-20/h4-7,15,19H,1-3,8-10,12,18H2. The summed E-state index contributed by atoms with van der Waals surface area (Å²) in [5.74, 6) is 1.89. The Morgan fingerprint density at radius 3 is 2.82 bits per heavy atom. The van der Waals surface area contributed by atoms with Crippen LogP contribution in [0.25, 0.3) is 0 Å². The number of rotatable bonds is 7. The van der Waals surface area contributed by atoms with E-state index in [9.17, 15) is 4.79 Å². The van der Waals surface area contributed by atoms with Gasteiger partial charge in [0.1, 0.15) is 0 Å². The summed E-state index contributed by atoms with van der Waals surface area (Å²) in [5, 5.41) is 12.0. The van der Waals surface area contributed by atoms with E-state index in [0.717, 1.165) is 49.7 Å². The number of nitriles is 1. The predicted octanol–water partition coefficient (Wildman–Crippen LogP) is 2.00. The molecule has 0 radical (unpaired) electrons. The number of benzene rings is 1. The second-order valence-electron chi connectivity index (χ2n) is 5.36. The smallest absolute Gasteiger partial charge is 0.240 e. The molecule has 1 atom stereocenters. The maximum Gasteiger partial charge on any atom is 0.240 e. The first-order valence-corrected chi connectivity index (χ1v) is 8.72. The Kier molecular flexibility index (Phi) is 6.56. The van der Waals surface area contributed by atoms with Gasteiger partial charge >= 0.3 is 0 Å². The van der Waals surface area contributed by atoms with E-state index in [0.29, 0.717) is 5.56 Å². The van der Waals surface area contributed by atoms with Gasteiger partial charge in [0.25, 0.3) is 0 Å². The van der Waals surface area contributed by atoms with Gasteiger partial charge in [0.05, 0.1) is 23.6 Å². The van der Waals surface area contributed by atoms with E-state index in [1.165, 1.54) is 0 Å². The Hall–Kier alpha value is -1.71. The van der Waals surface area contributed by atoms with Gasteiger partial charge in [-0.2, -0.15) is 5.26 Å². The Morgan fingerprint density at radius 1 is 1.41 bits per heavy atom. The van der Waals surface area contributed by atoms with E-state index in [4.69, 9.17) is 11.0 Å². The Morgan fingerprint density at radius 2 is 2.18 bits per heavy atom. The molecule has 1 aromatic rings. The second kappa shape index (κ2) is 8.66. The Balaban J connectivity index is 1.60. The molecule has 0 bridgehead atoms. The molecular weight excluding hydrogens is 296 g/mol. The number of nitrogens with one attached hydrogen (secondary N) is 1. The molecule has 1 aliphatic rings. The van der Waals surface area contributed by atoms with Crippen LogP contribution in [0, 0.1) is 11.3 Å². The van der Waals surface area contributed by atoms with E-state index in [1.807, 2.05) is 17.0 Å². The zero-order valence-electron chi connectivity index (χ0n) is 12.6. The lowest BCUT2D eigenvalue weighted by molar-refractivity contribution is -0.131. The minimum atomic E-state index is -0.367. The van der Waals surface area contributed by atoms with Crippen molar-refractivity contribution in [1.82, 2.24) is 4.90 Å². The van der Waals surface area contributed by atoms with Crippen LogP contribution in [0.5, 0.6) is 0 Å². The van der Waals surface area contributed by atoms with Crippen molar-refractivity contribution in [3.05, 3.63) is 29.8 Å². The third-order valence-electron chi connectivity index (χ3n) is 3.67.